The van der Waals surface area contributed by atoms with E-state index in [0.29, 0.717) is 17.6 Å². The van der Waals surface area contributed by atoms with Crippen LogP contribution in [0.4, 0.5) is 5.82 Å². The highest BCUT2D eigenvalue weighted by Crippen LogP contribution is 2.24. The van der Waals surface area contributed by atoms with Crippen molar-refractivity contribution in [3.05, 3.63) is 48.5 Å². The van der Waals surface area contributed by atoms with Gasteiger partial charge in [-0.3, -0.25) is 4.57 Å². The summed E-state index contributed by atoms with van der Waals surface area (Å²) in [6.45, 7) is 7.05. The number of rotatable bonds is 7. The van der Waals surface area contributed by atoms with E-state index in [-0.39, 0.29) is 6.04 Å². The molecular formula is C21H27N7O. The molecule has 0 saturated carbocycles. The number of hydrogen-bond acceptors (Lipinski definition) is 6. The van der Waals surface area contributed by atoms with Crippen LogP contribution in [0.15, 0.2) is 42.7 Å². The summed E-state index contributed by atoms with van der Waals surface area (Å²) in [5, 5.41) is 12.9. The molecule has 4 rings (SSSR count). The van der Waals surface area contributed by atoms with Gasteiger partial charge < -0.3 is 15.0 Å². The number of aliphatic hydroxyl groups is 1. The minimum atomic E-state index is 0.246. The summed E-state index contributed by atoms with van der Waals surface area (Å²) < 4.78 is 3.99. The summed E-state index contributed by atoms with van der Waals surface area (Å²) in [7, 11) is 0. The molecule has 2 N–H and O–H groups in total. The average Bonchev–Trinajstić information content (AvgIpc) is 3.36. The summed E-state index contributed by atoms with van der Waals surface area (Å²) >= 11 is 0. The molecule has 0 saturated heterocycles. The fourth-order valence-electron chi connectivity index (χ4n) is 3.54. The quantitative estimate of drug-likeness (QED) is 0.631. The van der Waals surface area contributed by atoms with Crippen LogP contribution >= 0.6 is 0 Å². The van der Waals surface area contributed by atoms with Gasteiger partial charge in [0.2, 0.25) is 5.95 Å². The van der Waals surface area contributed by atoms with Crippen molar-refractivity contribution >= 4 is 17.0 Å². The van der Waals surface area contributed by atoms with Gasteiger partial charge in [0.05, 0.1) is 6.33 Å². The highest BCUT2D eigenvalue weighted by Gasteiger charge is 2.17. The Balaban J connectivity index is 1.64. The van der Waals surface area contributed by atoms with Gasteiger partial charge in [-0.1, -0.05) is 13.0 Å². The minimum Gasteiger partial charge on any atom is -0.508 e. The van der Waals surface area contributed by atoms with Crippen molar-refractivity contribution < 1.29 is 5.11 Å². The second-order valence-corrected chi connectivity index (χ2v) is 7.56. The smallest absolute Gasteiger partial charge is 0.239 e. The maximum atomic E-state index is 9.48. The Kier molecular flexibility index (Phi) is 5.33. The molecule has 1 aliphatic carbocycles. The van der Waals surface area contributed by atoms with E-state index in [2.05, 4.69) is 46.7 Å². The molecule has 0 aliphatic heterocycles. The Bertz CT molecular complexity index is 1060. The number of aryl methyl sites for hydroxylation is 1. The van der Waals surface area contributed by atoms with E-state index in [1.54, 1.807) is 12.3 Å². The first-order valence-electron chi connectivity index (χ1n) is 10.1. The second-order valence-electron chi connectivity index (χ2n) is 7.56. The molecule has 8 nitrogen and oxygen atoms in total. The van der Waals surface area contributed by atoms with Gasteiger partial charge in [-0.2, -0.15) is 9.97 Å². The maximum absolute atomic E-state index is 9.48. The minimum absolute atomic E-state index is 0.246. The predicted octanol–water partition coefficient (Wildman–Crippen LogP) is 3.98. The Morgan fingerprint density at radius 1 is 1.28 bits per heavy atom. The van der Waals surface area contributed by atoms with Crippen molar-refractivity contribution in [3.8, 4) is 5.95 Å². The molecule has 3 aromatic rings. The Labute approximate surface area is 170 Å². The first-order chi connectivity index (χ1) is 14.1. The second kappa shape index (κ2) is 8.06. The summed E-state index contributed by atoms with van der Waals surface area (Å²) in [4.78, 5) is 18.6. The number of nitrogens with one attached hydrogen (secondary N) is 1. The lowest BCUT2D eigenvalue weighted by Gasteiger charge is -2.15. The highest BCUT2D eigenvalue weighted by molar-refractivity contribution is 5.83. The monoisotopic (exact) mass is 393 g/mol. The summed E-state index contributed by atoms with van der Waals surface area (Å²) in [5.74, 6) is 3.01. The predicted molar refractivity (Wildman–Crippen MR) is 113 cm³/mol. The molecule has 1 unspecified atom stereocenters. The zero-order chi connectivity index (χ0) is 20.4. The van der Waals surface area contributed by atoms with Gasteiger partial charge in [0.25, 0.3) is 0 Å². The highest BCUT2D eigenvalue weighted by atomic mass is 16.3. The molecular weight excluding hydrogens is 366 g/mol. The largest absolute Gasteiger partial charge is 0.508 e. The number of nitrogens with zero attached hydrogens (tertiary/aromatic N) is 6. The fraction of sp³-hybridized carbons (Fsp3) is 0.429. The number of aromatic nitrogens is 6. The molecule has 0 spiro atoms. The van der Waals surface area contributed by atoms with Crippen LogP contribution in [0.25, 0.3) is 17.1 Å². The van der Waals surface area contributed by atoms with E-state index in [4.69, 9.17) is 9.97 Å². The van der Waals surface area contributed by atoms with Crippen LogP contribution in [0, 0.1) is 5.92 Å². The van der Waals surface area contributed by atoms with Crippen molar-refractivity contribution in [1.82, 2.24) is 29.1 Å². The molecule has 0 fully saturated rings. The third-order valence-electron chi connectivity index (χ3n) is 5.19. The molecule has 3 aromatic heterocycles. The topological polar surface area (TPSA) is 93.7 Å². The number of allylic oxidation sites excluding steroid dienone is 3. The fourth-order valence-corrected chi connectivity index (χ4v) is 3.54. The van der Waals surface area contributed by atoms with Gasteiger partial charge in [0.1, 0.15) is 11.6 Å². The van der Waals surface area contributed by atoms with Gasteiger partial charge in [-0.05, 0) is 44.8 Å². The van der Waals surface area contributed by atoms with E-state index < -0.39 is 0 Å². The molecule has 8 heteroatoms. The van der Waals surface area contributed by atoms with Gasteiger partial charge in [0, 0.05) is 31.4 Å². The molecule has 0 bridgehead atoms. The third kappa shape index (κ3) is 3.87. The first-order valence-corrected chi connectivity index (χ1v) is 10.1. The zero-order valence-corrected chi connectivity index (χ0v) is 17.1. The molecule has 0 radical (unpaired) electrons. The lowest BCUT2D eigenvalue weighted by Crippen LogP contribution is -2.13. The lowest BCUT2D eigenvalue weighted by atomic mass is 9.97. The van der Waals surface area contributed by atoms with Crippen LogP contribution in [0.5, 0.6) is 0 Å². The average molecular weight is 393 g/mol. The summed E-state index contributed by atoms with van der Waals surface area (Å²) in [6, 6.07) is 0.246. The Morgan fingerprint density at radius 3 is 2.86 bits per heavy atom. The van der Waals surface area contributed by atoms with Crippen LogP contribution in [0.1, 0.15) is 45.5 Å². The third-order valence-corrected chi connectivity index (χ3v) is 5.19. The van der Waals surface area contributed by atoms with Gasteiger partial charge in [-0.15, -0.1) is 0 Å². The zero-order valence-electron chi connectivity index (χ0n) is 17.1. The SMILES string of the molecule is CCc1nccn1-c1nc(NCCC2C=CC(O)=CC2)c2ncn(C(C)C)c2n1. The van der Waals surface area contributed by atoms with Crippen LogP contribution in [0.2, 0.25) is 0 Å². The molecule has 3 heterocycles. The van der Waals surface area contributed by atoms with Crippen molar-refractivity contribution in [3.63, 3.8) is 0 Å². The molecule has 1 atom stereocenters. The van der Waals surface area contributed by atoms with E-state index in [0.717, 1.165) is 48.6 Å². The summed E-state index contributed by atoms with van der Waals surface area (Å²) in [5.41, 5.74) is 1.59. The number of aliphatic hydroxyl groups excluding tert-OH is 1. The van der Waals surface area contributed by atoms with E-state index >= 15 is 0 Å². The normalized spacial score (nSPS) is 16.6. The van der Waals surface area contributed by atoms with Gasteiger partial charge in [-0.25, -0.2) is 9.97 Å². The van der Waals surface area contributed by atoms with Crippen LogP contribution in [-0.2, 0) is 6.42 Å². The molecule has 0 amide bonds. The molecule has 152 valence electrons. The molecule has 0 aromatic carbocycles. The van der Waals surface area contributed by atoms with Crippen molar-refractivity contribution in [2.75, 3.05) is 11.9 Å². The molecule has 29 heavy (non-hydrogen) atoms. The maximum Gasteiger partial charge on any atom is 0.239 e. The van der Waals surface area contributed by atoms with Crippen molar-refractivity contribution in [1.29, 1.82) is 0 Å². The number of hydrogen-bond donors (Lipinski definition) is 2. The van der Waals surface area contributed by atoms with E-state index in [1.165, 1.54) is 0 Å². The number of anilines is 1. The van der Waals surface area contributed by atoms with E-state index in [1.807, 2.05) is 23.2 Å². The standard InChI is InChI=1S/C21H27N7O/c1-4-17-22-11-12-27(17)21-25-19(18-20(26-21)28(13-24-18)14(2)3)23-10-9-15-5-7-16(29)8-6-15/h5,7-8,11-15,29H,4,6,9-10H2,1-3H3,(H,23,25,26). The van der Waals surface area contributed by atoms with Crippen LogP contribution in [0.3, 0.4) is 0 Å². The van der Waals surface area contributed by atoms with Gasteiger partial charge in [0.15, 0.2) is 17.0 Å². The Hall–Kier alpha value is -3.16. The van der Waals surface area contributed by atoms with Crippen LogP contribution in [-0.4, -0.2) is 40.7 Å². The van der Waals surface area contributed by atoms with E-state index in [9.17, 15) is 5.11 Å². The van der Waals surface area contributed by atoms with Crippen molar-refractivity contribution in [2.24, 2.45) is 5.92 Å². The lowest BCUT2D eigenvalue weighted by molar-refractivity contribution is 0.419. The number of fused-ring (bicyclic) bond motifs is 1. The van der Waals surface area contributed by atoms with Gasteiger partial charge >= 0.3 is 0 Å². The van der Waals surface area contributed by atoms with Crippen LogP contribution < -0.4 is 5.32 Å². The number of imidazole rings is 2. The Morgan fingerprint density at radius 2 is 2.14 bits per heavy atom. The molecule has 1 aliphatic rings. The van der Waals surface area contributed by atoms with Crippen molar-refractivity contribution in [2.45, 2.75) is 46.1 Å². The first kappa shape index (κ1) is 19.2. The summed E-state index contributed by atoms with van der Waals surface area (Å²) in [6.07, 6.45) is 13.8.